The second-order valence-corrected chi connectivity index (χ2v) is 2.25. The van der Waals surface area contributed by atoms with Crippen LogP contribution in [0.15, 0.2) is 0 Å². The molecule has 0 aromatic heterocycles. The van der Waals surface area contributed by atoms with E-state index >= 15 is 0 Å². The SMILES string of the molecule is O=C1OCCCOC(=O)OCCO1. The van der Waals surface area contributed by atoms with Crippen LogP contribution in [-0.4, -0.2) is 38.7 Å². The lowest BCUT2D eigenvalue weighted by Crippen LogP contribution is -2.13. The van der Waals surface area contributed by atoms with Crippen LogP contribution in [-0.2, 0) is 18.9 Å². The summed E-state index contributed by atoms with van der Waals surface area (Å²) < 4.78 is 18.3. The predicted octanol–water partition coefficient (Wildman–Crippen LogP) is 0.697. The third-order valence-corrected chi connectivity index (χ3v) is 1.25. The zero-order chi connectivity index (χ0) is 9.52. The lowest BCUT2D eigenvalue weighted by Gasteiger charge is -2.03. The first kappa shape index (κ1) is 9.63. The summed E-state index contributed by atoms with van der Waals surface area (Å²) in [5, 5.41) is 0. The van der Waals surface area contributed by atoms with Gasteiger partial charge in [0.05, 0.1) is 13.2 Å². The van der Waals surface area contributed by atoms with E-state index in [9.17, 15) is 9.59 Å². The molecule has 1 aliphatic rings. The quantitative estimate of drug-likeness (QED) is 0.523. The van der Waals surface area contributed by atoms with Crippen molar-refractivity contribution < 1.29 is 28.5 Å². The van der Waals surface area contributed by atoms with E-state index in [-0.39, 0.29) is 26.4 Å². The molecular formula is C7H10O6. The molecule has 0 unspecified atom stereocenters. The van der Waals surface area contributed by atoms with Gasteiger partial charge in [-0.15, -0.1) is 0 Å². The zero-order valence-corrected chi connectivity index (χ0v) is 6.99. The maximum atomic E-state index is 10.7. The Morgan fingerprint density at radius 3 is 1.54 bits per heavy atom. The molecule has 1 rings (SSSR count). The molecule has 0 radical (unpaired) electrons. The Bertz CT molecular complexity index is 169. The van der Waals surface area contributed by atoms with E-state index in [0.29, 0.717) is 6.42 Å². The molecule has 6 heteroatoms. The number of hydrogen-bond acceptors (Lipinski definition) is 6. The molecular weight excluding hydrogens is 180 g/mol. The van der Waals surface area contributed by atoms with Gasteiger partial charge in [-0.05, 0) is 0 Å². The van der Waals surface area contributed by atoms with Crippen LogP contribution in [0.1, 0.15) is 6.42 Å². The van der Waals surface area contributed by atoms with Crippen molar-refractivity contribution in [3.8, 4) is 0 Å². The largest absolute Gasteiger partial charge is 0.508 e. The number of rotatable bonds is 0. The van der Waals surface area contributed by atoms with Crippen molar-refractivity contribution >= 4 is 12.3 Å². The highest BCUT2D eigenvalue weighted by Gasteiger charge is 2.08. The highest BCUT2D eigenvalue weighted by atomic mass is 16.7. The van der Waals surface area contributed by atoms with Gasteiger partial charge < -0.3 is 18.9 Å². The summed E-state index contributed by atoms with van der Waals surface area (Å²) in [4.78, 5) is 21.3. The Morgan fingerprint density at radius 2 is 1.08 bits per heavy atom. The van der Waals surface area contributed by atoms with Crippen LogP contribution in [0, 0.1) is 0 Å². The van der Waals surface area contributed by atoms with Crippen molar-refractivity contribution in [3.63, 3.8) is 0 Å². The Hall–Kier alpha value is -1.46. The van der Waals surface area contributed by atoms with E-state index < -0.39 is 12.3 Å². The van der Waals surface area contributed by atoms with Crippen molar-refractivity contribution in [2.24, 2.45) is 0 Å². The van der Waals surface area contributed by atoms with Crippen LogP contribution in [0.2, 0.25) is 0 Å². The van der Waals surface area contributed by atoms with Gasteiger partial charge in [0.1, 0.15) is 13.2 Å². The van der Waals surface area contributed by atoms with Gasteiger partial charge in [0.25, 0.3) is 0 Å². The first-order chi connectivity index (χ1) is 6.29. The number of hydrogen-bond donors (Lipinski definition) is 0. The van der Waals surface area contributed by atoms with E-state index in [0.717, 1.165) is 0 Å². The van der Waals surface area contributed by atoms with Gasteiger partial charge >= 0.3 is 12.3 Å². The van der Waals surface area contributed by atoms with Crippen LogP contribution in [0.4, 0.5) is 9.59 Å². The van der Waals surface area contributed by atoms with E-state index in [2.05, 4.69) is 18.9 Å². The van der Waals surface area contributed by atoms with Crippen LogP contribution >= 0.6 is 0 Å². The van der Waals surface area contributed by atoms with Crippen molar-refractivity contribution in [1.29, 1.82) is 0 Å². The molecule has 0 N–H and O–H groups in total. The average molecular weight is 190 g/mol. The topological polar surface area (TPSA) is 71.1 Å². The van der Waals surface area contributed by atoms with Crippen molar-refractivity contribution in [2.75, 3.05) is 26.4 Å². The molecule has 0 amide bonds. The van der Waals surface area contributed by atoms with Crippen LogP contribution in [0.5, 0.6) is 0 Å². The average Bonchev–Trinajstić information content (AvgIpc) is 2.14. The van der Waals surface area contributed by atoms with Crippen LogP contribution in [0.25, 0.3) is 0 Å². The van der Waals surface area contributed by atoms with Crippen molar-refractivity contribution in [3.05, 3.63) is 0 Å². The summed E-state index contributed by atoms with van der Waals surface area (Å²) in [6, 6.07) is 0. The second kappa shape index (κ2) is 5.23. The predicted molar refractivity (Wildman–Crippen MR) is 39.2 cm³/mol. The first-order valence-corrected chi connectivity index (χ1v) is 3.88. The summed E-state index contributed by atoms with van der Waals surface area (Å²) in [6.45, 7) is 0.306. The normalized spacial score (nSPS) is 20.0. The molecule has 0 atom stereocenters. The lowest BCUT2D eigenvalue weighted by molar-refractivity contribution is 0.0322. The Balaban J connectivity index is 2.30. The number of carbonyl (C=O) groups excluding carboxylic acids is 2. The molecule has 0 aromatic carbocycles. The molecule has 0 aromatic rings. The molecule has 0 aliphatic carbocycles. The molecule has 0 bridgehead atoms. The molecule has 1 aliphatic heterocycles. The highest BCUT2D eigenvalue weighted by Crippen LogP contribution is 1.94. The standard InChI is InChI=1S/C7H10O6/c8-6-10-2-1-3-11-7(9)13-5-4-12-6/h1-5H2. The first-order valence-electron chi connectivity index (χ1n) is 3.88. The van der Waals surface area contributed by atoms with E-state index in [4.69, 9.17) is 0 Å². The number of ether oxygens (including phenoxy) is 4. The third kappa shape index (κ3) is 4.19. The Labute approximate surface area is 74.7 Å². The minimum absolute atomic E-state index is 0.0199. The Morgan fingerprint density at radius 1 is 0.692 bits per heavy atom. The lowest BCUT2D eigenvalue weighted by atomic mass is 10.5. The van der Waals surface area contributed by atoms with Gasteiger partial charge in [-0.25, -0.2) is 9.59 Å². The summed E-state index contributed by atoms with van der Waals surface area (Å²) >= 11 is 0. The molecule has 0 spiro atoms. The number of cyclic esters (lactones) is 4. The smallest absolute Gasteiger partial charge is 0.434 e. The maximum Gasteiger partial charge on any atom is 0.508 e. The molecule has 1 saturated heterocycles. The molecule has 74 valence electrons. The summed E-state index contributed by atoms with van der Waals surface area (Å²) in [5.41, 5.74) is 0. The minimum atomic E-state index is -0.752. The molecule has 13 heavy (non-hydrogen) atoms. The maximum absolute atomic E-state index is 10.7. The summed E-state index contributed by atoms with van der Waals surface area (Å²) in [5.74, 6) is 0. The summed E-state index contributed by atoms with van der Waals surface area (Å²) in [6.07, 6.45) is -1.07. The van der Waals surface area contributed by atoms with E-state index in [1.807, 2.05) is 0 Å². The van der Waals surface area contributed by atoms with E-state index in [1.165, 1.54) is 0 Å². The fourth-order valence-corrected chi connectivity index (χ4v) is 0.703. The van der Waals surface area contributed by atoms with Gasteiger partial charge in [-0.2, -0.15) is 0 Å². The van der Waals surface area contributed by atoms with Gasteiger partial charge in [-0.3, -0.25) is 0 Å². The molecule has 6 nitrogen and oxygen atoms in total. The van der Waals surface area contributed by atoms with E-state index in [1.54, 1.807) is 0 Å². The monoisotopic (exact) mass is 190 g/mol. The van der Waals surface area contributed by atoms with Gasteiger partial charge in [0, 0.05) is 6.42 Å². The molecule has 0 saturated carbocycles. The molecule has 1 fully saturated rings. The minimum Gasteiger partial charge on any atom is -0.434 e. The van der Waals surface area contributed by atoms with Gasteiger partial charge in [-0.1, -0.05) is 0 Å². The summed E-state index contributed by atoms with van der Waals surface area (Å²) in [7, 11) is 0. The van der Waals surface area contributed by atoms with Gasteiger partial charge in [0.2, 0.25) is 0 Å². The fourth-order valence-electron chi connectivity index (χ4n) is 0.703. The van der Waals surface area contributed by atoms with Gasteiger partial charge in [0.15, 0.2) is 0 Å². The zero-order valence-electron chi connectivity index (χ0n) is 6.99. The van der Waals surface area contributed by atoms with Crippen molar-refractivity contribution in [1.82, 2.24) is 0 Å². The van der Waals surface area contributed by atoms with Crippen LogP contribution in [0.3, 0.4) is 0 Å². The van der Waals surface area contributed by atoms with Crippen molar-refractivity contribution in [2.45, 2.75) is 6.42 Å². The Kier molecular flexibility index (Phi) is 3.87. The van der Waals surface area contributed by atoms with Crippen LogP contribution < -0.4 is 0 Å². The second-order valence-electron chi connectivity index (χ2n) is 2.25. The third-order valence-electron chi connectivity index (χ3n) is 1.25. The number of carbonyl (C=O) groups is 2. The fraction of sp³-hybridized carbons (Fsp3) is 0.714. The molecule has 1 heterocycles. The highest BCUT2D eigenvalue weighted by molar-refractivity contribution is 5.60.